The van der Waals surface area contributed by atoms with Gasteiger partial charge in [0.05, 0.1) is 5.75 Å². The maximum atomic E-state index is 12.1. The maximum Gasteiger partial charge on any atom is 0.389 e. The molecule has 0 amide bonds. The largest absolute Gasteiger partial charge is 0.389 e. The van der Waals surface area contributed by atoms with E-state index in [1.807, 2.05) is 0 Å². The summed E-state index contributed by atoms with van der Waals surface area (Å²) in [4.78, 5) is 10.6. The van der Waals surface area contributed by atoms with Gasteiger partial charge in [0.25, 0.3) is 0 Å². The third kappa shape index (κ3) is 6.18. The molecule has 0 aliphatic heterocycles. The number of rotatable bonds is 7. The van der Waals surface area contributed by atoms with Crippen LogP contribution in [0, 0.1) is 4.91 Å². The van der Waals surface area contributed by atoms with Gasteiger partial charge in [0.2, 0.25) is 0 Å². The highest BCUT2D eigenvalue weighted by atomic mass is 32.2. The van der Waals surface area contributed by atoms with Crippen LogP contribution in [0.25, 0.3) is 11.1 Å². The number of halogens is 3. The number of hydrogen-bond donors (Lipinski definition) is 0. The van der Waals surface area contributed by atoms with Gasteiger partial charge in [-0.2, -0.15) is 21.6 Å². The van der Waals surface area contributed by atoms with E-state index in [0.717, 1.165) is 0 Å². The molecule has 0 aliphatic carbocycles. The van der Waals surface area contributed by atoms with Gasteiger partial charge >= 0.3 is 16.3 Å². The molecule has 0 saturated heterocycles. The summed E-state index contributed by atoms with van der Waals surface area (Å²) in [6.07, 6.45) is -6.17. The predicted molar refractivity (Wildman–Crippen MR) is 87.0 cm³/mol. The van der Waals surface area contributed by atoms with Crippen LogP contribution in [-0.4, -0.2) is 20.3 Å². The monoisotopic (exact) mass is 373 g/mol. The first-order valence-corrected chi connectivity index (χ1v) is 8.79. The van der Waals surface area contributed by atoms with Crippen LogP contribution < -0.4 is 4.18 Å². The van der Waals surface area contributed by atoms with Gasteiger partial charge in [-0.1, -0.05) is 24.3 Å². The molecule has 0 saturated carbocycles. The number of hydrogen-bond acceptors (Lipinski definition) is 5. The van der Waals surface area contributed by atoms with E-state index in [2.05, 4.69) is 5.18 Å². The van der Waals surface area contributed by atoms with Crippen molar-refractivity contribution in [3.63, 3.8) is 0 Å². The summed E-state index contributed by atoms with van der Waals surface area (Å²) < 4.78 is 64.7. The summed E-state index contributed by atoms with van der Waals surface area (Å²) in [6, 6.07) is 12.4. The number of benzene rings is 2. The van der Waals surface area contributed by atoms with Crippen LogP contribution >= 0.6 is 0 Å². The van der Waals surface area contributed by atoms with E-state index in [1.54, 1.807) is 18.2 Å². The Hall–Kier alpha value is -2.42. The van der Waals surface area contributed by atoms with Gasteiger partial charge in [-0.15, -0.1) is 4.91 Å². The summed E-state index contributed by atoms with van der Waals surface area (Å²) in [7, 11) is -4.14. The smallest absolute Gasteiger partial charge is 0.382 e. The number of nitrogens with zero attached hydrogens (tertiary/aromatic N) is 1. The summed E-state index contributed by atoms with van der Waals surface area (Å²) in [5.41, 5.74) is 1.41. The molecular weight excluding hydrogens is 359 g/mol. The van der Waals surface area contributed by atoms with Crippen LogP contribution in [-0.2, 0) is 10.1 Å². The third-order valence-corrected chi connectivity index (χ3v) is 4.43. The second-order valence-electron chi connectivity index (χ2n) is 5.23. The average molecular weight is 373 g/mol. The lowest BCUT2D eigenvalue weighted by atomic mass is 10.1. The second kappa shape index (κ2) is 7.64. The first-order chi connectivity index (χ1) is 11.7. The molecule has 2 aromatic rings. The molecule has 2 rings (SSSR count). The third-order valence-electron chi connectivity index (χ3n) is 3.20. The highest BCUT2D eigenvalue weighted by Crippen LogP contribution is 2.28. The van der Waals surface area contributed by atoms with Crippen LogP contribution in [0.15, 0.2) is 53.7 Å². The van der Waals surface area contributed by atoms with E-state index in [9.17, 15) is 26.5 Å². The van der Waals surface area contributed by atoms with Crippen LogP contribution in [0.1, 0.15) is 12.8 Å². The Bertz CT molecular complexity index is 850. The normalized spacial score (nSPS) is 12.0. The zero-order chi connectivity index (χ0) is 18.5. The Morgan fingerprint density at radius 2 is 1.64 bits per heavy atom. The minimum atomic E-state index is -4.41. The van der Waals surface area contributed by atoms with Gasteiger partial charge < -0.3 is 4.18 Å². The maximum absolute atomic E-state index is 12.1. The molecule has 0 bridgehead atoms. The lowest BCUT2D eigenvalue weighted by molar-refractivity contribution is -0.134. The molecule has 2 aromatic carbocycles. The zero-order valence-electron chi connectivity index (χ0n) is 12.9. The molecule has 0 aromatic heterocycles. The number of alkyl halides is 3. The van der Waals surface area contributed by atoms with Gasteiger partial charge in [0.15, 0.2) is 0 Å². The van der Waals surface area contributed by atoms with Crippen LogP contribution in [0.4, 0.5) is 18.9 Å². The van der Waals surface area contributed by atoms with E-state index in [-0.39, 0.29) is 11.4 Å². The lowest BCUT2D eigenvalue weighted by Crippen LogP contribution is -2.16. The lowest BCUT2D eigenvalue weighted by Gasteiger charge is -2.10. The van der Waals surface area contributed by atoms with Crippen LogP contribution in [0.5, 0.6) is 5.75 Å². The molecule has 0 spiro atoms. The van der Waals surface area contributed by atoms with E-state index in [0.29, 0.717) is 11.1 Å². The topological polar surface area (TPSA) is 72.8 Å². The minimum Gasteiger partial charge on any atom is -0.382 e. The zero-order valence-corrected chi connectivity index (χ0v) is 13.7. The van der Waals surface area contributed by atoms with E-state index >= 15 is 0 Å². The van der Waals surface area contributed by atoms with Crippen LogP contribution in [0.2, 0.25) is 0 Å². The summed E-state index contributed by atoms with van der Waals surface area (Å²) in [5, 5.41) is 2.82. The van der Waals surface area contributed by atoms with Gasteiger partial charge in [-0.3, -0.25) is 0 Å². The van der Waals surface area contributed by atoms with Crippen molar-refractivity contribution in [1.82, 2.24) is 0 Å². The van der Waals surface area contributed by atoms with Crippen molar-refractivity contribution in [3.8, 4) is 16.9 Å². The Morgan fingerprint density at radius 3 is 2.28 bits per heavy atom. The summed E-state index contributed by atoms with van der Waals surface area (Å²) in [6.45, 7) is 0. The van der Waals surface area contributed by atoms with Gasteiger partial charge in [-0.25, -0.2) is 0 Å². The fraction of sp³-hybridized carbons (Fsp3) is 0.250. The molecule has 134 valence electrons. The van der Waals surface area contributed by atoms with E-state index < -0.39 is 34.9 Å². The average Bonchev–Trinajstić information content (AvgIpc) is 2.53. The standard InChI is InChI=1S/C16H14F3NO4S/c17-16(18,19)8-3-9-25(22,23)24-15-7-2-5-13(11-15)12-4-1-6-14(10-12)20-21/h1-2,4-7,10-11H,3,8-9H2. The van der Waals surface area contributed by atoms with Crippen molar-refractivity contribution in [1.29, 1.82) is 0 Å². The van der Waals surface area contributed by atoms with Gasteiger partial charge in [0, 0.05) is 6.42 Å². The molecule has 9 heteroatoms. The number of nitroso groups, excluding NO2 is 1. The molecular formula is C16H14F3NO4S. The minimum absolute atomic E-state index is 0.0195. The molecule has 0 atom stereocenters. The molecule has 0 unspecified atom stereocenters. The second-order valence-corrected chi connectivity index (χ2v) is 6.92. The molecule has 0 aliphatic rings. The van der Waals surface area contributed by atoms with Crippen molar-refractivity contribution in [3.05, 3.63) is 53.4 Å². The van der Waals surface area contributed by atoms with E-state index in [1.165, 1.54) is 30.3 Å². The van der Waals surface area contributed by atoms with Crippen LogP contribution in [0.3, 0.4) is 0 Å². The molecule has 0 radical (unpaired) electrons. The van der Waals surface area contributed by atoms with Gasteiger partial charge in [-0.05, 0) is 47.0 Å². The van der Waals surface area contributed by atoms with Crippen molar-refractivity contribution in [2.75, 3.05) is 5.75 Å². The SMILES string of the molecule is O=Nc1cccc(-c2cccc(OS(=O)(=O)CCCC(F)(F)F)c2)c1. The highest BCUT2D eigenvalue weighted by Gasteiger charge is 2.27. The fourth-order valence-electron chi connectivity index (χ4n) is 2.11. The quantitative estimate of drug-likeness (QED) is 0.516. The first-order valence-electron chi connectivity index (χ1n) is 7.21. The van der Waals surface area contributed by atoms with E-state index in [4.69, 9.17) is 4.18 Å². The van der Waals surface area contributed by atoms with Crippen molar-refractivity contribution < 1.29 is 25.8 Å². The molecule has 0 heterocycles. The Labute approximate surface area is 142 Å². The molecule has 0 N–H and O–H groups in total. The highest BCUT2D eigenvalue weighted by molar-refractivity contribution is 7.87. The Morgan fingerprint density at radius 1 is 1.00 bits per heavy atom. The molecule has 5 nitrogen and oxygen atoms in total. The summed E-state index contributed by atoms with van der Waals surface area (Å²) >= 11 is 0. The van der Waals surface area contributed by atoms with Gasteiger partial charge in [0.1, 0.15) is 11.4 Å². The summed E-state index contributed by atoms with van der Waals surface area (Å²) in [5.74, 6) is -0.754. The molecule has 0 fully saturated rings. The fourth-order valence-corrected chi connectivity index (χ4v) is 3.09. The first kappa shape index (κ1) is 18.9. The van der Waals surface area contributed by atoms with Crippen molar-refractivity contribution in [2.45, 2.75) is 19.0 Å². The predicted octanol–water partition coefficient (Wildman–Crippen LogP) is 4.80. The van der Waals surface area contributed by atoms with Crippen molar-refractivity contribution in [2.24, 2.45) is 5.18 Å². The van der Waals surface area contributed by atoms with Crippen molar-refractivity contribution >= 4 is 15.8 Å². The Balaban J connectivity index is 2.11. The Kier molecular flexibility index (Phi) is 5.78. The molecule has 25 heavy (non-hydrogen) atoms.